The number of carbonyl (C=O) groups is 3. The van der Waals surface area contributed by atoms with E-state index in [1.807, 2.05) is 0 Å². The van der Waals surface area contributed by atoms with Crippen molar-refractivity contribution in [1.29, 1.82) is 0 Å². The van der Waals surface area contributed by atoms with Crippen LogP contribution in [0, 0.1) is 11.8 Å². The molecule has 1 aromatic rings. The van der Waals surface area contributed by atoms with E-state index in [1.54, 1.807) is 23.1 Å². The van der Waals surface area contributed by atoms with E-state index in [-0.39, 0.29) is 23.6 Å². The van der Waals surface area contributed by atoms with Gasteiger partial charge < -0.3 is 15.5 Å². The van der Waals surface area contributed by atoms with Crippen LogP contribution in [-0.4, -0.2) is 42.3 Å². The van der Waals surface area contributed by atoms with Gasteiger partial charge in [-0.15, -0.1) is 0 Å². The number of fused-ring (bicyclic) bond motifs is 1. The smallest absolute Gasteiger partial charge is 0.255 e. The molecule has 2 fully saturated rings. The van der Waals surface area contributed by atoms with Crippen LogP contribution in [0.3, 0.4) is 0 Å². The number of anilines is 1. The third kappa shape index (κ3) is 3.32. The van der Waals surface area contributed by atoms with E-state index in [0.717, 1.165) is 0 Å². The highest BCUT2D eigenvalue weighted by Gasteiger charge is 2.39. The lowest BCUT2D eigenvalue weighted by Gasteiger charge is -2.23. The molecular weight excluding hydrogens is 318 g/mol. The quantitative estimate of drug-likeness (QED) is 0.859. The number of amides is 3. The summed E-state index contributed by atoms with van der Waals surface area (Å²) in [5.41, 5.74) is 0.975. The minimum absolute atomic E-state index is 0.0539. The average Bonchev–Trinajstić information content (AvgIpc) is 2.89. The second-order valence-electron chi connectivity index (χ2n) is 6.11. The van der Waals surface area contributed by atoms with Gasteiger partial charge in [-0.05, 0) is 30.0 Å². The van der Waals surface area contributed by atoms with Gasteiger partial charge in [-0.25, -0.2) is 0 Å². The molecule has 0 radical (unpaired) electrons. The highest BCUT2D eigenvalue weighted by Crippen LogP contribution is 2.31. The van der Waals surface area contributed by atoms with Gasteiger partial charge in [-0.3, -0.25) is 14.4 Å². The molecule has 2 saturated heterocycles. The number of rotatable bonds is 2. The SMILES string of the molecule is CC(=O)Nc1ccc(C(=O)N2C[C@H]3CC(=O)NC[C@H]3C2)c(Cl)c1. The van der Waals surface area contributed by atoms with Gasteiger partial charge in [0.05, 0.1) is 10.6 Å². The molecule has 3 amide bonds. The van der Waals surface area contributed by atoms with Crippen LogP contribution in [-0.2, 0) is 9.59 Å². The molecule has 0 aromatic heterocycles. The second kappa shape index (κ2) is 6.20. The van der Waals surface area contributed by atoms with Crippen molar-refractivity contribution in [2.45, 2.75) is 13.3 Å². The molecule has 6 nitrogen and oxygen atoms in total. The number of carbonyl (C=O) groups excluding carboxylic acids is 3. The van der Waals surface area contributed by atoms with Crippen LogP contribution in [0.5, 0.6) is 0 Å². The molecule has 23 heavy (non-hydrogen) atoms. The van der Waals surface area contributed by atoms with E-state index in [1.165, 1.54) is 6.92 Å². The van der Waals surface area contributed by atoms with Crippen LogP contribution in [0.4, 0.5) is 5.69 Å². The van der Waals surface area contributed by atoms with Crippen molar-refractivity contribution in [2.24, 2.45) is 11.8 Å². The first kappa shape index (κ1) is 15.8. The van der Waals surface area contributed by atoms with E-state index >= 15 is 0 Å². The Balaban J connectivity index is 1.73. The summed E-state index contributed by atoms with van der Waals surface area (Å²) in [5, 5.41) is 5.79. The molecule has 2 aliphatic rings. The summed E-state index contributed by atoms with van der Waals surface area (Å²) in [6.07, 6.45) is 0.476. The number of nitrogens with zero attached hydrogens (tertiary/aromatic N) is 1. The molecule has 3 rings (SSSR count). The summed E-state index contributed by atoms with van der Waals surface area (Å²) in [4.78, 5) is 37.0. The Morgan fingerprint density at radius 2 is 2.04 bits per heavy atom. The topological polar surface area (TPSA) is 78.5 Å². The molecule has 7 heteroatoms. The molecule has 0 aliphatic carbocycles. The van der Waals surface area contributed by atoms with Crippen molar-refractivity contribution in [2.75, 3.05) is 25.0 Å². The number of hydrogen-bond donors (Lipinski definition) is 2. The standard InChI is InChI=1S/C16H18ClN3O3/c1-9(21)19-12-2-3-13(14(17)5-12)16(23)20-7-10-4-15(22)18-6-11(10)8-20/h2-3,5,10-11H,4,6-8H2,1H3,(H,18,22)(H,19,21)/t10-,11+/m1/s1. The van der Waals surface area contributed by atoms with Crippen LogP contribution in [0.15, 0.2) is 18.2 Å². The Hall–Kier alpha value is -2.08. The molecule has 0 bridgehead atoms. The first-order valence-corrected chi connectivity index (χ1v) is 7.95. The van der Waals surface area contributed by atoms with Crippen LogP contribution in [0.2, 0.25) is 5.02 Å². The lowest BCUT2D eigenvalue weighted by molar-refractivity contribution is -0.124. The van der Waals surface area contributed by atoms with Gasteiger partial charge in [0.15, 0.2) is 0 Å². The number of likely N-dealkylation sites (tertiary alicyclic amines) is 1. The van der Waals surface area contributed by atoms with Gasteiger partial charge in [-0.2, -0.15) is 0 Å². The number of piperidine rings is 1. The minimum Gasteiger partial charge on any atom is -0.356 e. The van der Waals surface area contributed by atoms with Crippen molar-refractivity contribution in [3.05, 3.63) is 28.8 Å². The maximum atomic E-state index is 12.7. The molecule has 2 heterocycles. The summed E-state index contributed by atoms with van der Waals surface area (Å²) in [5.74, 6) is 0.268. The molecule has 0 saturated carbocycles. The second-order valence-corrected chi connectivity index (χ2v) is 6.52. The van der Waals surface area contributed by atoms with Crippen LogP contribution in [0.1, 0.15) is 23.7 Å². The van der Waals surface area contributed by atoms with E-state index in [2.05, 4.69) is 10.6 Å². The Labute approximate surface area is 139 Å². The van der Waals surface area contributed by atoms with Crippen LogP contribution in [0.25, 0.3) is 0 Å². The van der Waals surface area contributed by atoms with E-state index in [0.29, 0.717) is 48.2 Å². The lowest BCUT2D eigenvalue weighted by Crippen LogP contribution is -2.40. The first-order chi connectivity index (χ1) is 10.9. The fraction of sp³-hybridized carbons (Fsp3) is 0.438. The zero-order valence-electron chi connectivity index (χ0n) is 12.8. The third-order valence-corrected chi connectivity index (χ3v) is 4.71. The summed E-state index contributed by atoms with van der Waals surface area (Å²) < 4.78 is 0. The van der Waals surface area contributed by atoms with Gasteiger partial charge in [-0.1, -0.05) is 11.6 Å². The number of hydrogen-bond acceptors (Lipinski definition) is 3. The number of benzene rings is 1. The maximum Gasteiger partial charge on any atom is 0.255 e. The molecule has 0 unspecified atom stereocenters. The molecule has 2 atom stereocenters. The van der Waals surface area contributed by atoms with Crippen LogP contribution < -0.4 is 10.6 Å². The number of halogens is 1. The lowest BCUT2D eigenvalue weighted by atomic mass is 9.89. The zero-order chi connectivity index (χ0) is 16.6. The van der Waals surface area contributed by atoms with Crippen molar-refractivity contribution >= 4 is 35.0 Å². The predicted molar refractivity (Wildman–Crippen MR) is 86.3 cm³/mol. The highest BCUT2D eigenvalue weighted by atomic mass is 35.5. The van der Waals surface area contributed by atoms with Crippen molar-refractivity contribution < 1.29 is 14.4 Å². The summed E-state index contributed by atoms with van der Waals surface area (Å²) >= 11 is 6.20. The van der Waals surface area contributed by atoms with Gasteiger partial charge in [0.1, 0.15) is 0 Å². The predicted octanol–water partition coefficient (Wildman–Crippen LogP) is 1.51. The van der Waals surface area contributed by atoms with E-state index in [4.69, 9.17) is 11.6 Å². The van der Waals surface area contributed by atoms with Gasteiger partial charge in [0.25, 0.3) is 5.91 Å². The van der Waals surface area contributed by atoms with Crippen molar-refractivity contribution in [1.82, 2.24) is 10.2 Å². The third-order valence-electron chi connectivity index (χ3n) is 4.39. The van der Waals surface area contributed by atoms with E-state index < -0.39 is 0 Å². The number of nitrogens with one attached hydrogen (secondary N) is 2. The fourth-order valence-corrected chi connectivity index (χ4v) is 3.52. The van der Waals surface area contributed by atoms with Crippen molar-refractivity contribution in [3.8, 4) is 0 Å². The molecule has 122 valence electrons. The van der Waals surface area contributed by atoms with E-state index in [9.17, 15) is 14.4 Å². The first-order valence-electron chi connectivity index (χ1n) is 7.57. The maximum absolute atomic E-state index is 12.7. The Morgan fingerprint density at radius 3 is 2.74 bits per heavy atom. The summed E-state index contributed by atoms with van der Waals surface area (Å²) in [7, 11) is 0. The van der Waals surface area contributed by atoms with Gasteiger partial charge in [0.2, 0.25) is 11.8 Å². The Morgan fingerprint density at radius 1 is 1.30 bits per heavy atom. The molecule has 0 spiro atoms. The summed E-state index contributed by atoms with van der Waals surface area (Å²) in [6.45, 7) is 3.25. The minimum atomic E-state index is -0.194. The van der Waals surface area contributed by atoms with Gasteiger partial charge >= 0.3 is 0 Å². The Kier molecular flexibility index (Phi) is 4.26. The molecule has 2 N–H and O–H groups in total. The Bertz CT molecular complexity index is 677. The van der Waals surface area contributed by atoms with Crippen LogP contribution >= 0.6 is 11.6 Å². The molecule has 1 aromatic carbocycles. The van der Waals surface area contributed by atoms with Crippen molar-refractivity contribution in [3.63, 3.8) is 0 Å². The molecule has 2 aliphatic heterocycles. The normalized spacial score (nSPS) is 23.2. The zero-order valence-corrected chi connectivity index (χ0v) is 13.5. The monoisotopic (exact) mass is 335 g/mol. The largest absolute Gasteiger partial charge is 0.356 e. The molecular formula is C16H18ClN3O3. The van der Waals surface area contributed by atoms with Gasteiger partial charge in [0, 0.05) is 38.7 Å². The average molecular weight is 336 g/mol. The summed E-state index contributed by atoms with van der Waals surface area (Å²) in [6, 6.07) is 4.86. The fourth-order valence-electron chi connectivity index (χ4n) is 3.26. The highest BCUT2D eigenvalue weighted by molar-refractivity contribution is 6.34.